The highest BCUT2D eigenvalue weighted by atomic mass is 16.5. The minimum atomic E-state index is 0.142. The predicted octanol–water partition coefficient (Wildman–Crippen LogP) is 1.78. The minimum Gasteiger partial charge on any atom is -0.495 e. The fourth-order valence-corrected chi connectivity index (χ4v) is 1.59. The fraction of sp³-hybridized carbons (Fsp3) is 0.545. The summed E-state index contributed by atoms with van der Waals surface area (Å²) in [5, 5.41) is 0. The van der Waals surface area contributed by atoms with Crippen LogP contribution in [0.3, 0.4) is 0 Å². The lowest BCUT2D eigenvalue weighted by Gasteiger charge is -2.18. The minimum absolute atomic E-state index is 0.142. The van der Waals surface area contributed by atoms with Gasteiger partial charge in [0.05, 0.1) is 13.3 Å². The van der Waals surface area contributed by atoms with Crippen LogP contribution in [-0.2, 0) is 0 Å². The Bertz CT molecular complexity index is 291. The van der Waals surface area contributed by atoms with E-state index >= 15 is 0 Å². The molecule has 0 radical (unpaired) electrons. The van der Waals surface area contributed by atoms with E-state index in [-0.39, 0.29) is 6.04 Å². The van der Waals surface area contributed by atoms with Gasteiger partial charge in [-0.15, -0.1) is 0 Å². The molecule has 0 aliphatic carbocycles. The second-order valence-corrected chi connectivity index (χ2v) is 3.48. The van der Waals surface area contributed by atoms with Gasteiger partial charge in [0.15, 0.2) is 0 Å². The second-order valence-electron chi connectivity index (χ2n) is 3.48. The molecule has 0 amide bonds. The van der Waals surface area contributed by atoms with E-state index in [9.17, 15) is 0 Å². The number of rotatable bonds is 6. The lowest BCUT2D eigenvalue weighted by Crippen LogP contribution is -2.28. The smallest absolute Gasteiger partial charge is 0.141 e. The van der Waals surface area contributed by atoms with Crippen molar-refractivity contribution in [2.75, 3.05) is 7.11 Å². The Morgan fingerprint density at radius 2 is 2.40 bits per heavy atom. The van der Waals surface area contributed by atoms with Crippen LogP contribution in [0.25, 0.3) is 0 Å². The highest BCUT2D eigenvalue weighted by Crippen LogP contribution is 2.26. The summed E-state index contributed by atoms with van der Waals surface area (Å²) in [6.07, 6.45) is 6.78. The average molecular weight is 209 g/mol. The summed E-state index contributed by atoms with van der Waals surface area (Å²) < 4.78 is 5.25. The third-order valence-corrected chi connectivity index (χ3v) is 2.46. The van der Waals surface area contributed by atoms with Gasteiger partial charge in [0.1, 0.15) is 5.75 Å². The third-order valence-electron chi connectivity index (χ3n) is 2.46. The Morgan fingerprint density at radius 1 is 1.60 bits per heavy atom. The molecule has 0 fully saturated rings. The predicted molar refractivity (Wildman–Crippen MR) is 60.4 cm³/mol. The number of unbranched alkanes of at least 4 members (excludes halogenated alkanes) is 1. The van der Waals surface area contributed by atoms with E-state index in [1.54, 1.807) is 19.5 Å². The first-order valence-corrected chi connectivity index (χ1v) is 5.27. The number of aromatic nitrogens is 1. The molecule has 4 heteroatoms. The maximum atomic E-state index is 5.54. The largest absolute Gasteiger partial charge is 0.495 e. The van der Waals surface area contributed by atoms with Gasteiger partial charge in [0.2, 0.25) is 0 Å². The zero-order valence-electron chi connectivity index (χ0n) is 9.36. The van der Waals surface area contributed by atoms with E-state index in [1.807, 2.05) is 6.07 Å². The standard InChI is InChI=1S/C11H19N3O/c1-3-4-5-10(14-12)9-6-7-13-8-11(9)15-2/h6-8,10,14H,3-5,12H2,1-2H3. The molecule has 3 N–H and O–H groups in total. The van der Waals surface area contributed by atoms with E-state index < -0.39 is 0 Å². The van der Waals surface area contributed by atoms with Gasteiger partial charge < -0.3 is 4.74 Å². The molecule has 0 saturated carbocycles. The van der Waals surface area contributed by atoms with E-state index in [0.717, 1.165) is 30.6 Å². The molecule has 4 nitrogen and oxygen atoms in total. The Labute approximate surface area is 90.8 Å². The zero-order chi connectivity index (χ0) is 11.1. The van der Waals surface area contributed by atoms with Crippen molar-refractivity contribution in [1.29, 1.82) is 0 Å². The van der Waals surface area contributed by atoms with Crippen LogP contribution in [-0.4, -0.2) is 12.1 Å². The van der Waals surface area contributed by atoms with Gasteiger partial charge in [-0.1, -0.05) is 19.8 Å². The molecule has 1 atom stereocenters. The maximum absolute atomic E-state index is 5.54. The number of hydrogen-bond donors (Lipinski definition) is 2. The Balaban J connectivity index is 2.80. The topological polar surface area (TPSA) is 60.2 Å². The van der Waals surface area contributed by atoms with Crippen LogP contribution in [0.15, 0.2) is 18.5 Å². The summed E-state index contributed by atoms with van der Waals surface area (Å²) in [6.45, 7) is 2.16. The Morgan fingerprint density at radius 3 is 3.00 bits per heavy atom. The number of nitrogens with zero attached hydrogens (tertiary/aromatic N) is 1. The number of hydrazine groups is 1. The maximum Gasteiger partial charge on any atom is 0.141 e. The third kappa shape index (κ3) is 3.18. The van der Waals surface area contributed by atoms with Gasteiger partial charge >= 0.3 is 0 Å². The molecule has 1 heterocycles. The molecule has 0 aromatic carbocycles. The van der Waals surface area contributed by atoms with Crippen molar-refractivity contribution < 1.29 is 4.74 Å². The first-order valence-electron chi connectivity index (χ1n) is 5.27. The van der Waals surface area contributed by atoms with Crippen LogP contribution < -0.4 is 16.0 Å². The monoisotopic (exact) mass is 209 g/mol. The summed E-state index contributed by atoms with van der Waals surface area (Å²) in [6, 6.07) is 2.09. The van der Waals surface area contributed by atoms with Gasteiger partial charge in [0, 0.05) is 17.8 Å². The van der Waals surface area contributed by atoms with Crippen molar-refractivity contribution in [2.24, 2.45) is 5.84 Å². The highest BCUT2D eigenvalue weighted by Gasteiger charge is 2.13. The van der Waals surface area contributed by atoms with Gasteiger partial charge in [-0.3, -0.25) is 16.3 Å². The lowest BCUT2D eigenvalue weighted by atomic mass is 10.0. The molecular formula is C11H19N3O. The van der Waals surface area contributed by atoms with Crippen molar-refractivity contribution in [3.05, 3.63) is 24.0 Å². The molecule has 0 saturated heterocycles. The molecule has 1 rings (SSSR count). The first-order chi connectivity index (χ1) is 7.33. The van der Waals surface area contributed by atoms with Crippen molar-refractivity contribution in [2.45, 2.75) is 32.2 Å². The quantitative estimate of drug-likeness (QED) is 0.554. The van der Waals surface area contributed by atoms with Crippen LogP contribution in [0.5, 0.6) is 5.75 Å². The number of methoxy groups -OCH3 is 1. The second kappa shape index (κ2) is 6.37. The van der Waals surface area contributed by atoms with Gasteiger partial charge in [0.25, 0.3) is 0 Å². The van der Waals surface area contributed by atoms with Crippen molar-refractivity contribution in [3.8, 4) is 5.75 Å². The summed E-state index contributed by atoms with van der Waals surface area (Å²) in [4.78, 5) is 4.02. The summed E-state index contributed by atoms with van der Waals surface area (Å²) >= 11 is 0. The van der Waals surface area contributed by atoms with Crippen LogP contribution in [0.4, 0.5) is 0 Å². The summed E-state index contributed by atoms with van der Waals surface area (Å²) in [5.74, 6) is 6.33. The van der Waals surface area contributed by atoms with Gasteiger partial charge in [-0.2, -0.15) is 0 Å². The highest BCUT2D eigenvalue weighted by molar-refractivity contribution is 5.32. The summed E-state index contributed by atoms with van der Waals surface area (Å²) in [5.41, 5.74) is 3.89. The molecule has 1 unspecified atom stereocenters. The van der Waals surface area contributed by atoms with Crippen molar-refractivity contribution in [3.63, 3.8) is 0 Å². The Hall–Kier alpha value is -1.13. The van der Waals surface area contributed by atoms with Crippen LogP contribution in [0.1, 0.15) is 37.8 Å². The van der Waals surface area contributed by atoms with Crippen LogP contribution in [0.2, 0.25) is 0 Å². The zero-order valence-corrected chi connectivity index (χ0v) is 9.36. The molecule has 0 spiro atoms. The van der Waals surface area contributed by atoms with E-state index in [4.69, 9.17) is 10.6 Å². The molecule has 1 aromatic heterocycles. The molecule has 15 heavy (non-hydrogen) atoms. The number of hydrogen-bond acceptors (Lipinski definition) is 4. The molecule has 84 valence electrons. The van der Waals surface area contributed by atoms with Gasteiger partial charge in [-0.25, -0.2) is 0 Å². The first kappa shape index (κ1) is 11.9. The molecule has 0 aliphatic heterocycles. The molecule has 1 aromatic rings. The lowest BCUT2D eigenvalue weighted by molar-refractivity contribution is 0.392. The fourth-order valence-electron chi connectivity index (χ4n) is 1.59. The van der Waals surface area contributed by atoms with Crippen LogP contribution in [0, 0.1) is 0 Å². The number of pyridine rings is 1. The molecule has 0 bridgehead atoms. The number of nitrogens with one attached hydrogen (secondary N) is 1. The Kier molecular flexibility index (Phi) is 5.07. The van der Waals surface area contributed by atoms with E-state index in [0.29, 0.717) is 0 Å². The van der Waals surface area contributed by atoms with E-state index in [2.05, 4.69) is 17.3 Å². The molecule has 0 aliphatic rings. The van der Waals surface area contributed by atoms with Crippen molar-refractivity contribution in [1.82, 2.24) is 10.4 Å². The number of ether oxygens (including phenoxy) is 1. The number of nitrogens with two attached hydrogens (primary N) is 1. The summed E-state index contributed by atoms with van der Waals surface area (Å²) in [7, 11) is 1.65. The average Bonchev–Trinajstić information content (AvgIpc) is 2.30. The normalized spacial score (nSPS) is 12.5. The van der Waals surface area contributed by atoms with Crippen molar-refractivity contribution >= 4 is 0 Å². The van der Waals surface area contributed by atoms with Gasteiger partial charge in [-0.05, 0) is 12.5 Å². The van der Waals surface area contributed by atoms with E-state index in [1.165, 1.54) is 0 Å². The molecular weight excluding hydrogens is 190 g/mol. The SMILES string of the molecule is CCCCC(NN)c1ccncc1OC. The van der Waals surface area contributed by atoms with Crippen LogP contribution >= 0.6 is 0 Å².